The molecule has 0 radical (unpaired) electrons. The van der Waals surface area contributed by atoms with Crippen LogP contribution in [0.4, 0.5) is 5.69 Å². The first-order valence-corrected chi connectivity index (χ1v) is 6.57. The second-order valence-corrected chi connectivity index (χ2v) is 4.52. The lowest BCUT2D eigenvalue weighted by Gasteiger charge is -2.17. The molecule has 2 aromatic rings. The van der Waals surface area contributed by atoms with Crippen molar-refractivity contribution in [2.24, 2.45) is 0 Å². The van der Waals surface area contributed by atoms with Crippen molar-refractivity contribution in [3.63, 3.8) is 0 Å². The summed E-state index contributed by atoms with van der Waals surface area (Å²) in [5.74, 6) is -0.226. The van der Waals surface area contributed by atoms with Crippen molar-refractivity contribution in [1.82, 2.24) is 10.3 Å². The van der Waals surface area contributed by atoms with E-state index >= 15 is 0 Å². The van der Waals surface area contributed by atoms with Gasteiger partial charge in [-0.25, -0.2) is 0 Å². The summed E-state index contributed by atoms with van der Waals surface area (Å²) in [6.07, 6.45) is 3.73. The zero-order chi connectivity index (χ0) is 15.2. The molecule has 0 aliphatic rings. The Kier molecular flexibility index (Phi) is 4.61. The first-order chi connectivity index (χ1) is 10.1. The standard InChI is InChI=1S/C15H15N3O3/c1-2-14(12-4-3-5-13(10-12)18(20)21)17-15(19)11-6-8-16-9-7-11/h3-10,14H,2H2,1H3,(H,17,19)/t14-/m1/s1. The van der Waals surface area contributed by atoms with Crippen molar-refractivity contribution in [3.8, 4) is 0 Å². The second kappa shape index (κ2) is 6.60. The summed E-state index contributed by atoms with van der Waals surface area (Å²) < 4.78 is 0. The molecule has 0 aliphatic heterocycles. The fourth-order valence-corrected chi connectivity index (χ4v) is 2.02. The maximum absolute atomic E-state index is 12.1. The molecule has 1 amide bonds. The average Bonchev–Trinajstić information content (AvgIpc) is 2.53. The second-order valence-electron chi connectivity index (χ2n) is 4.52. The van der Waals surface area contributed by atoms with Gasteiger partial charge in [0.1, 0.15) is 0 Å². The van der Waals surface area contributed by atoms with Crippen molar-refractivity contribution in [2.75, 3.05) is 0 Å². The molecule has 0 spiro atoms. The quantitative estimate of drug-likeness (QED) is 0.676. The highest BCUT2D eigenvalue weighted by atomic mass is 16.6. The van der Waals surface area contributed by atoms with Gasteiger partial charge in [-0.1, -0.05) is 19.1 Å². The van der Waals surface area contributed by atoms with Crippen LogP contribution in [0.15, 0.2) is 48.8 Å². The summed E-state index contributed by atoms with van der Waals surface area (Å²) in [5.41, 5.74) is 1.24. The van der Waals surface area contributed by atoms with E-state index in [1.165, 1.54) is 12.1 Å². The Balaban J connectivity index is 2.18. The number of rotatable bonds is 5. The SMILES string of the molecule is CC[C@@H](NC(=O)c1ccncc1)c1cccc([N+](=O)[O-])c1. The molecule has 6 nitrogen and oxygen atoms in total. The van der Waals surface area contributed by atoms with Gasteiger partial charge in [0.2, 0.25) is 0 Å². The fraction of sp³-hybridized carbons (Fsp3) is 0.200. The monoisotopic (exact) mass is 285 g/mol. The molecule has 0 unspecified atom stereocenters. The van der Waals surface area contributed by atoms with E-state index in [0.29, 0.717) is 17.5 Å². The summed E-state index contributed by atoms with van der Waals surface area (Å²) >= 11 is 0. The van der Waals surface area contributed by atoms with E-state index in [-0.39, 0.29) is 17.6 Å². The molecule has 2 rings (SSSR count). The van der Waals surface area contributed by atoms with E-state index in [1.54, 1.807) is 36.7 Å². The number of nitrogens with zero attached hydrogens (tertiary/aromatic N) is 2. The average molecular weight is 285 g/mol. The van der Waals surface area contributed by atoms with Crippen molar-refractivity contribution < 1.29 is 9.72 Å². The van der Waals surface area contributed by atoms with Crippen LogP contribution in [0.3, 0.4) is 0 Å². The van der Waals surface area contributed by atoms with Gasteiger partial charge in [0.05, 0.1) is 11.0 Å². The van der Waals surface area contributed by atoms with Crippen LogP contribution in [-0.2, 0) is 0 Å². The number of aromatic nitrogens is 1. The molecular formula is C15H15N3O3. The lowest BCUT2D eigenvalue weighted by molar-refractivity contribution is -0.384. The van der Waals surface area contributed by atoms with Crippen LogP contribution in [0.5, 0.6) is 0 Å². The number of nitrogens with one attached hydrogen (secondary N) is 1. The van der Waals surface area contributed by atoms with Crippen LogP contribution in [-0.4, -0.2) is 15.8 Å². The third-order valence-corrected chi connectivity index (χ3v) is 3.14. The normalized spacial score (nSPS) is 11.7. The largest absolute Gasteiger partial charge is 0.345 e. The maximum Gasteiger partial charge on any atom is 0.269 e. The molecule has 0 bridgehead atoms. The minimum absolute atomic E-state index is 0.0177. The summed E-state index contributed by atoms with van der Waals surface area (Å²) in [6.45, 7) is 1.91. The Morgan fingerprint density at radius 3 is 2.67 bits per heavy atom. The number of hydrogen-bond donors (Lipinski definition) is 1. The van der Waals surface area contributed by atoms with Crippen molar-refractivity contribution in [3.05, 3.63) is 70.0 Å². The first-order valence-electron chi connectivity index (χ1n) is 6.57. The zero-order valence-electron chi connectivity index (χ0n) is 11.5. The number of carbonyl (C=O) groups excluding carboxylic acids is 1. The molecule has 21 heavy (non-hydrogen) atoms. The van der Waals surface area contributed by atoms with E-state index in [0.717, 1.165) is 0 Å². The van der Waals surface area contributed by atoms with Crippen LogP contribution in [0, 0.1) is 10.1 Å². The number of carbonyl (C=O) groups is 1. The molecule has 6 heteroatoms. The summed E-state index contributed by atoms with van der Waals surface area (Å²) in [5, 5.41) is 13.7. The van der Waals surface area contributed by atoms with Crippen molar-refractivity contribution in [1.29, 1.82) is 0 Å². The number of nitro groups is 1. The van der Waals surface area contributed by atoms with E-state index in [9.17, 15) is 14.9 Å². The molecule has 0 saturated heterocycles. The lowest BCUT2D eigenvalue weighted by atomic mass is 10.0. The summed E-state index contributed by atoms with van der Waals surface area (Å²) in [4.78, 5) is 26.4. The van der Waals surface area contributed by atoms with E-state index in [2.05, 4.69) is 10.3 Å². The first kappa shape index (κ1) is 14.6. The lowest BCUT2D eigenvalue weighted by Crippen LogP contribution is -2.28. The van der Waals surface area contributed by atoms with E-state index in [1.807, 2.05) is 6.92 Å². The highest BCUT2D eigenvalue weighted by molar-refractivity contribution is 5.94. The molecule has 1 heterocycles. The predicted molar refractivity (Wildman–Crippen MR) is 77.8 cm³/mol. The van der Waals surface area contributed by atoms with Crippen molar-refractivity contribution >= 4 is 11.6 Å². The number of benzene rings is 1. The molecule has 108 valence electrons. The number of amides is 1. The molecule has 1 aromatic heterocycles. The van der Waals surface area contributed by atoms with Gasteiger partial charge in [-0.05, 0) is 24.1 Å². The molecule has 0 fully saturated rings. The van der Waals surface area contributed by atoms with Gasteiger partial charge in [-0.3, -0.25) is 19.9 Å². The Bertz CT molecular complexity index is 644. The predicted octanol–water partition coefficient (Wildman–Crippen LogP) is 2.87. The van der Waals surface area contributed by atoms with Crippen LogP contribution in [0.25, 0.3) is 0 Å². The molecular weight excluding hydrogens is 270 g/mol. The molecule has 1 atom stereocenters. The Labute approximate surface area is 122 Å². The van der Waals surface area contributed by atoms with Gasteiger partial charge in [-0.15, -0.1) is 0 Å². The third kappa shape index (κ3) is 3.62. The Morgan fingerprint density at radius 2 is 2.05 bits per heavy atom. The van der Waals surface area contributed by atoms with Crippen molar-refractivity contribution in [2.45, 2.75) is 19.4 Å². The van der Waals surface area contributed by atoms with E-state index in [4.69, 9.17) is 0 Å². The van der Waals surface area contributed by atoms with Gasteiger partial charge in [-0.2, -0.15) is 0 Å². The zero-order valence-corrected chi connectivity index (χ0v) is 11.5. The number of nitro benzene ring substituents is 1. The summed E-state index contributed by atoms with van der Waals surface area (Å²) in [6, 6.07) is 9.28. The van der Waals surface area contributed by atoms with Crippen LogP contribution < -0.4 is 5.32 Å². The topological polar surface area (TPSA) is 85.1 Å². The Hall–Kier alpha value is -2.76. The van der Waals surface area contributed by atoms with E-state index < -0.39 is 4.92 Å². The number of pyridine rings is 1. The highest BCUT2D eigenvalue weighted by Gasteiger charge is 2.16. The van der Waals surface area contributed by atoms with Gasteiger partial charge in [0.25, 0.3) is 11.6 Å². The maximum atomic E-state index is 12.1. The van der Waals surface area contributed by atoms with Crippen LogP contribution >= 0.6 is 0 Å². The highest BCUT2D eigenvalue weighted by Crippen LogP contribution is 2.21. The molecule has 1 aromatic carbocycles. The number of hydrogen-bond acceptors (Lipinski definition) is 4. The van der Waals surface area contributed by atoms with Gasteiger partial charge >= 0.3 is 0 Å². The van der Waals surface area contributed by atoms with Gasteiger partial charge in [0, 0.05) is 30.1 Å². The molecule has 1 N–H and O–H groups in total. The van der Waals surface area contributed by atoms with Gasteiger partial charge in [0.15, 0.2) is 0 Å². The van der Waals surface area contributed by atoms with Crippen LogP contribution in [0.2, 0.25) is 0 Å². The minimum atomic E-state index is -0.444. The summed E-state index contributed by atoms with van der Waals surface area (Å²) in [7, 11) is 0. The molecule has 0 saturated carbocycles. The smallest absolute Gasteiger partial charge is 0.269 e. The molecule has 0 aliphatic carbocycles. The van der Waals surface area contributed by atoms with Crippen LogP contribution in [0.1, 0.15) is 35.3 Å². The number of non-ortho nitro benzene ring substituents is 1. The fourth-order valence-electron chi connectivity index (χ4n) is 2.02. The van der Waals surface area contributed by atoms with Gasteiger partial charge < -0.3 is 5.32 Å². The minimum Gasteiger partial charge on any atom is -0.345 e. The third-order valence-electron chi connectivity index (χ3n) is 3.14. The Morgan fingerprint density at radius 1 is 1.33 bits per heavy atom.